The first kappa shape index (κ1) is 41.8. The fraction of sp³-hybridized carbons (Fsp3) is 0.289. The molecule has 416 valence electrons. The van der Waals surface area contributed by atoms with Crippen LogP contribution in [0.1, 0.15) is 158 Å². The molecule has 0 saturated carbocycles. The van der Waals surface area contributed by atoms with Crippen molar-refractivity contribution in [2.45, 2.75) is 139 Å². The van der Waals surface area contributed by atoms with E-state index in [0.717, 1.165) is 22.3 Å². The predicted molar refractivity (Wildman–Crippen MR) is 340 cm³/mol. The molecular weight excluding hydrogens is 1170 g/mol. The molecule has 0 fully saturated rings. The number of benzene rings is 8. The number of phenolic OH excluding ortho intramolecular Hbond substituents is 1. The molecule has 10 rings (SSSR count). The summed E-state index contributed by atoms with van der Waals surface area (Å²) < 4.78 is 137. The van der Waals surface area contributed by atoms with Gasteiger partial charge in [0.2, 0.25) is 0 Å². The molecule has 0 saturated heterocycles. The van der Waals surface area contributed by atoms with Crippen LogP contribution < -0.4 is 0 Å². The molecule has 0 atom stereocenters. The van der Waals surface area contributed by atoms with E-state index in [-0.39, 0.29) is 71.7 Å². The number of fused-ring (bicyclic) bond motifs is 1. The molecule has 2 heterocycles. The second-order valence-electron chi connectivity index (χ2n) is 26.1. The van der Waals surface area contributed by atoms with Crippen LogP contribution in [0.15, 0.2) is 176 Å². The SMILES string of the molecule is [2H]c1c([2H])c([2H])c(-c2cc(C(C)(C)C)cc(-c3c([2H])c([2H])c([2H])c([2H])c3[2H])c2-n2c(-c3cc(C(C)(C)C)cc(C(C)(C)C)c3O)nc3c(-c4[c-]c(-c5cc(-c6ccc(-c7ccc(C([2H])([2H])C(C)(C)C)cc7C([2H])([2H])[2H])cc6)ccn5)cc(C(C)(C)C)c4)cccc32)c([2H])c1[2H].[Pt]. The molecule has 0 aliphatic heterocycles. The summed E-state index contributed by atoms with van der Waals surface area (Å²) in [6, 6.07) is 31.0. The number of pyridine rings is 1. The Morgan fingerprint density at radius 3 is 1.65 bits per heavy atom. The van der Waals surface area contributed by atoms with Gasteiger partial charge in [0.15, 0.2) is 0 Å². The minimum absolute atomic E-state index is 0. The van der Waals surface area contributed by atoms with Crippen molar-refractivity contribution in [2.24, 2.45) is 5.41 Å². The molecule has 0 amide bonds. The van der Waals surface area contributed by atoms with Gasteiger partial charge in [-0.1, -0.05) is 242 Å². The number of hydrogen-bond donors (Lipinski definition) is 1. The molecule has 0 bridgehead atoms. The molecule has 8 aromatic carbocycles. The van der Waals surface area contributed by atoms with Crippen molar-refractivity contribution in [3.63, 3.8) is 0 Å². The molecule has 0 aliphatic rings. The minimum Gasteiger partial charge on any atom is -0.507 e. The summed E-state index contributed by atoms with van der Waals surface area (Å²) in [7, 11) is 0. The van der Waals surface area contributed by atoms with Crippen LogP contribution in [0.2, 0.25) is 0 Å². The maximum atomic E-state index is 13.1. The minimum atomic E-state index is -2.53. The van der Waals surface area contributed by atoms with Crippen molar-refractivity contribution in [1.82, 2.24) is 14.5 Å². The number of aromatic hydroxyl groups is 1. The third-order valence-corrected chi connectivity index (χ3v) is 14.6. The van der Waals surface area contributed by atoms with E-state index in [4.69, 9.17) is 25.0 Å². The second kappa shape index (κ2) is 22.0. The zero-order chi connectivity index (χ0) is 70.3. The van der Waals surface area contributed by atoms with Crippen molar-refractivity contribution >= 4 is 11.0 Å². The van der Waals surface area contributed by atoms with Crippen molar-refractivity contribution in [3.05, 3.63) is 215 Å². The van der Waals surface area contributed by atoms with E-state index in [1.165, 1.54) is 6.07 Å². The number of para-hydroxylation sites is 1. The zero-order valence-corrected chi connectivity index (χ0v) is 51.3. The Kier molecular flexibility index (Phi) is 11.3. The third kappa shape index (κ3) is 12.2. The van der Waals surface area contributed by atoms with Crippen molar-refractivity contribution < 1.29 is 46.7 Å². The van der Waals surface area contributed by atoms with E-state index in [0.29, 0.717) is 61.2 Å². The molecule has 4 nitrogen and oxygen atoms in total. The predicted octanol–water partition coefficient (Wildman–Crippen LogP) is 20.7. The number of aryl methyl sites for hydroxylation is 1. The van der Waals surface area contributed by atoms with Gasteiger partial charge in [-0.15, -0.1) is 29.3 Å². The zero-order valence-electron chi connectivity index (χ0n) is 64.1. The van der Waals surface area contributed by atoms with E-state index in [1.807, 2.05) is 120 Å². The summed E-state index contributed by atoms with van der Waals surface area (Å²) in [4.78, 5) is 10.5. The van der Waals surface area contributed by atoms with Gasteiger partial charge in [0.1, 0.15) is 11.6 Å². The Hall–Kier alpha value is -7.13. The third-order valence-electron chi connectivity index (χ3n) is 14.6. The van der Waals surface area contributed by atoms with Gasteiger partial charge in [-0.2, -0.15) is 0 Å². The van der Waals surface area contributed by atoms with Gasteiger partial charge in [-0.25, -0.2) is 4.98 Å². The Bertz CT molecular complexity index is 4620. The van der Waals surface area contributed by atoms with Gasteiger partial charge in [0, 0.05) is 56.5 Å². The van der Waals surface area contributed by atoms with Crippen LogP contribution >= 0.6 is 0 Å². The van der Waals surface area contributed by atoms with E-state index >= 15 is 0 Å². The first-order valence-corrected chi connectivity index (χ1v) is 27.3. The summed E-state index contributed by atoms with van der Waals surface area (Å²) in [5.41, 5.74) is 6.03. The van der Waals surface area contributed by atoms with Crippen LogP contribution in [0.5, 0.6) is 5.75 Å². The molecule has 10 aromatic rings. The molecule has 2 aromatic heterocycles. The summed E-state index contributed by atoms with van der Waals surface area (Å²) in [6.45, 7) is 27.0. The molecule has 0 unspecified atom stereocenters. The monoisotopic (exact) mass is 1260 g/mol. The first-order valence-electron chi connectivity index (χ1n) is 34.8. The molecule has 5 heteroatoms. The smallest absolute Gasteiger partial charge is 0.148 e. The van der Waals surface area contributed by atoms with Crippen LogP contribution in [0, 0.1) is 18.3 Å². The fourth-order valence-electron chi connectivity index (χ4n) is 10.2. The largest absolute Gasteiger partial charge is 0.507 e. The van der Waals surface area contributed by atoms with Crippen LogP contribution in [0.25, 0.3) is 95.0 Å². The van der Waals surface area contributed by atoms with Gasteiger partial charge in [0.05, 0.1) is 36.0 Å². The maximum absolute atomic E-state index is 13.1. The average Bonchev–Trinajstić information content (AvgIpc) is 1.40. The van der Waals surface area contributed by atoms with Crippen LogP contribution in [0.4, 0.5) is 0 Å². The van der Waals surface area contributed by atoms with Gasteiger partial charge in [-0.05, 0) is 126 Å². The standard InChI is InChI=1S/C76H80N3O.Pt/c1-48-38-49(47-72(2,3)4)30-35-60(48)53-33-31-50(32-34-53)54-36-37-77-66(42-54)56-39-55(40-57(41-56)73(5,6)7)61-28-23-29-67-68(61)78-71(64-45-59(75(11,12)13)46-65(70(64)80)76(14,15)16)79(67)69-62(51-24-19-17-20-25-51)43-58(74(8,9)10)44-63(69)52-26-21-18-22-27-52;/h17-38,40-46,80H,47H2,1-16H3;/q-1;/i1D3,17D,18D,19D,20D,21D,22D,24D,25D,26D,27D,47D2;. The Morgan fingerprint density at radius 2 is 1.09 bits per heavy atom. The number of imidazole rings is 1. The molecule has 0 radical (unpaired) electrons. The molecule has 0 aliphatic carbocycles. The number of nitrogens with zero attached hydrogens (tertiary/aromatic N) is 3. The Morgan fingerprint density at radius 1 is 0.531 bits per heavy atom. The summed E-state index contributed by atoms with van der Waals surface area (Å²) >= 11 is 0. The van der Waals surface area contributed by atoms with Crippen molar-refractivity contribution in [1.29, 1.82) is 0 Å². The normalized spacial score (nSPS) is 15.4. The average molecular weight is 1260 g/mol. The molecule has 0 spiro atoms. The van der Waals surface area contributed by atoms with Gasteiger partial charge in [0.25, 0.3) is 0 Å². The van der Waals surface area contributed by atoms with Crippen LogP contribution in [-0.2, 0) is 49.1 Å². The summed E-state index contributed by atoms with van der Waals surface area (Å²) in [5.74, 6) is 0.0268. The Labute approximate surface area is 519 Å². The Balaban J connectivity index is 0.0000108. The van der Waals surface area contributed by atoms with E-state index in [9.17, 15) is 10.6 Å². The van der Waals surface area contributed by atoms with Gasteiger partial charge < -0.3 is 5.11 Å². The van der Waals surface area contributed by atoms with Crippen LogP contribution in [-0.4, -0.2) is 19.6 Å². The molecule has 1 N–H and O–H groups in total. The second-order valence-corrected chi connectivity index (χ2v) is 26.1. The van der Waals surface area contributed by atoms with Gasteiger partial charge in [-0.3, -0.25) is 9.55 Å². The maximum Gasteiger partial charge on any atom is 0.148 e. The van der Waals surface area contributed by atoms with Crippen LogP contribution in [0.3, 0.4) is 0 Å². The van der Waals surface area contributed by atoms with E-state index < -0.39 is 101 Å². The molecular formula is C76H80N3OPt-. The quantitative estimate of drug-likeness (QED) is 0.147. The number of aromatic nitrogens is 3. The summed E-state index contributed by atoms with van der Waals surface area (Å²) in [6.07, 6.45) is -0.0893. The fourth-order valence-corrected chi connectivity index (χ4v) is 10.2. The number of rotatable bonds is 9. The topological polar surface area (TPSA) is 50.9 Å². The van der Waals surface area contributed by atoms with Gasteiger partial charge >= 0.3 is 0 Å². The van der Waals surface area contributed by atoms with E-state index in [2.05, 4.69) is 47.6 Å². The first-order chi connectivity index (χ1) is 43.7. The number of hydrogen-bond acceptors (Lipinski definition) is 3. The summed E-state index contributed by atoms with van der Waals surface area (Å²) in [5, 5.41) is 13.1. The van der Waals surface area contributed by atoms with Crippen molar-refractivity contribution in [3.8, 4) is 89.7 Å². The molecule has 81 heavy (non-hydrogen) atoms. The number of phenols is 1. The van der Waals surface area contributed by atoms with E-state index in [1.54, 1.807) is 55.8 Å². The van der Waals surface area contributed by atoms with Crippen molar-refractivity contribution in [2.75, 3.05) is 0 Å².